The summed E-state index contributed by atoms with van der Waals surface area (Å²) >= 11 is 0. The van der Waals surface area contributed by atoms with Crippen LogP contribution < -0.4 is 10.4 Å². The Morgan fingerprint density at radius 1 is 0.692 bits per heavy atom. The maximum Gasteiger partial charge on any atom is 0.261 e. The fourth-order valence-electron chi connectivity index (χ4n) is 6.24. The largest absolute Gasteiger partial charge is 0.405 e. The summed E-state index contributed by atoms with van der Waals surface area (Å²) in [6, 6.07) is 31.3. The molecule has 206 valence electrons. The molecule has 6 rings (SSSR count). The van der Waals surface area contributed by atoms with Gasteiger partial charge in [0.2, 0.25) is 0 Å². The van der Waals surface area contributed by atoms with Gasteiger partial charge in [-0.05, 0) is 29.3 Å². The van der Waals surface area contributed by atoms with Crippen molar-refractivity contribution >= 4 is 18.7 Å². The quantitative estimate of drug-likeness (QED) is 0.409. The standard InChI is InChI=1S/C32H38O6Si/c1-31(2,3)39(23-17-11-7-12-18-23,24-19-13-8-14-20-24)33-21-25-26-27(28-30(35-26)38-32(4,5)37-28)36-29(34-25)22-15-9-6-10-16-22/h6-20,25-30H,21H2,1-5H3/t25-,26-,27+,28-,29?,30-/m1/s1. The first-order valence-corrected chi connectivity index (χ1v) is 15.7. The van der Waals surface area contributed by atoms with Gasteiger partial charge in [0.25, 0.3) is 8.32 Å². The third-order valence-corrected chi connectivity index (χ3v) is 12.9. The van der Waals surface area contributed by atoms with Crippen molar-refractivity contribution in [3.8, 4) is 0 Å². The zero-order chi connectivity index (χ0) is 27.3. The zero-order valence-electron chi connectivity index (χ0n) is 23.3. The highest BCUT2D eigenvalue weighted by Crippen LogP contribution is 2.45. The Morgan fingerprint density at radius 2 is 1.26 bits per heavy atom. The molecule has 3 heterocycles. The van der Waals surface area contributed by atoms with Gasteiger partial charge in [-0.2, -0.15) is 0 Å². The average Bonchev–Trinajstić information content (AvgIpc) is 3.41. The Balaban J connectivity index is 1.36. The van der Waals surface area contributed by atoms with E-state index in [0.29, 0.717) is 6.61 Å². The van der Waals surface area contributed by atoms with Crippen molar-refractivity contribution in [1.29, 1.82) is 0 Å². The third kappa shape index (κ3) is 4.91. The van der Waals surface area contributed by atoms with Crippen LogP contribution in [0, 0.1) is 0 Å². The van der Waals surface area contributed by atoms with Crippen LogP contribution in [-0.2, 0) is 28.1 Å². The number of ether oxygens (including phenoxy) is 5. The first kappa shape index (κ1) is 26.8. The molecular formula is C32H38O6Si. The first-order chi connectivity index (χ1) is 18.7. The maximum absolute atomic E-state index is 7.26. The average molecular weight is 547 g/mol. The lowest BCUT2D eigenvalue weighted by atomic mass is 10.0. The van der Waals surface area contributed by atoms with Crippen molar-refractivity contribution in [1.82, 2.24) is 0 Å². The first-order valence-electron chi connectivity index (χ1n) is 13.8. The van der Waals surface area contributed by atoms with E-state index in [9.17, 15) is 0 Å². The lowest BCUT2D eigenvalue weighted by Gasteiger charge is -2.45. The van der Waals surface area contributed by atoms with Crippen LogP contribution in [0.2, 0.25) is 5.04 Å². The van der Waals surface area contributed by atoms with Gasteiger partial charge in [-0.15, -0.1) is 0 Å². The molecule has 3 aromatic rings. The number of rotatable bonds is 6. The molecule has 0 aliphatic carbocycles. The van der Waals surface area contributed by atoms with Gasteiger partial charge in [0, 0.05) is 5.56 Å². The SMILES string of the molecule is CC1(C)O[C@H]2O[C@H]3[C@H](OC(c4ccccc4)O[C@@H]3CO[Si](c3ccccc3)(c3ccccc3)C(C)(C)C)[C@H]2O1. The molecule has 0 N–H and O–H groups in total. The lowest BCUT2D eigenvalue weighted by molar-refractivity contribution is -0.312. The molecule has 6 nitrogen and oxygen atoms in total. The second-order valence-electron chi connectivity index (χ2n) is 12.1. The number of fused-ring (bicyclic) bond motifs is 3. The number of hydrogen-bond acceptors (Lipinski definition) is 6. The minimum absolute atomic E-state index is 0.150. The summed E-state index contributed by atoms with van der Waals surface area (Å²) < 4.78 is 39.1. The van der Waals surface area contributed by atoms with Gasteiger partial charge in [-0.3, -0.25) is 0 Å². The van der Waals surface area contributed by atoms with E-state index in [1.807, 2.05) is 44.2 Å². The van der Waals surface area contributed by atoms with Gasteiger partial charge in [0.1, 0.15) is 24.4 Å². The molecule has 6 atom stereocenters. The maximum atomic E-state index is 7.26. The monoisotopic (exact) mass is 546 g/mol. The van der Waals surface area contributed by atoms with Crippen molar-refractivity contribution in [2.45, 2.75) is 82.4 Å². The van der Waals surface area contributed by atoms with Crippen molar-refractivity contribution < 1.29 is 28.1 Å². The summed E-state index contributed by atoms with van der Waals surface area (Å²) in [5.74, 6) is -0.731. The fourth-order valence-corrected chi connectivity index (χ4v) is 10.8. The lowest BCUT2D eigenvalue weighted by Crippen LogP contribution is -2.67. The second kappa shape index (κ2) is 10.2. The highest BCUT2D eigenvalue weighted by Gasteiger charge is 2.61. The Morgan fingerprint density at radius 3 is 1.82 bits per heavy atom. The van der Waals surface area contributed by atoms with E-state index in [1.54, 1.807) is 0 Å². The van der Waals surface area contributed by atoms with Crippen molar-refractivity contribution in [2.24, 2.45) is 0 Å². The molecule has 0 radical (unpaired) electrons. The molecule has 1 unspecified atom stereocenters. The summed E-state index contributed by atoms with van der Waals surface area (Å²) in [5, 5.41) is 2.30. The summed E-state index contributed by atoms with van der Waals surface area (Å²) in [6.07, 6.45) is -2.51. The molecule has 3 aliphatic rings. The van der Waals surface area contributed by atoms with Crippen LogP contribution in [-0.4, -0.2) is 51.4 Å². The van der Waals surface area contributed by atoms with E-state index < -0.39 is 26.7 Å². The van der Waals surface area contributed by atoms with E-state index in [2.05, 4.69) is 81.4 Å². The molecule has 3 fully saturated rings. The molecular weight excluding hydrogens is 508 g/mol. The van der Waals surface area contributed by atoms with Crippen LogP contribution in [0.5, 0.6) is 0 Å². The smallest absolute Gasteiger partial charge is 0.261 e. The van der Waals surface area contributed by atoms with E-state index in [4.69, 9.17) is 28.1 Å². The van der Waals surface area contributed by atoms with Crippen LogP contribution in [0.3, 0.4) is 0 Å². The molecule has 3 saturated heterocycles. The minimum atomic E-state index is -2.77. The minimum Gasteiger partial charge on any atom is -0.405 e. The Hall–Kier alpha value is -2.36. The van der Waals surface area contributed by atoms with Crippen molar-refractivity contribution in [3.63, 3.8) is 0 Å². The van der Waals surface area contributed by atoms with Gasteiger partial charge >= 0.3 is 0 Å². The van der Waals surface area contributed by atoms with Crippen molar-refractivity contribution in [2.75, 3.05) is 6.61 Å². The topological polar surface area (TPSA) is 55.4 Å². The molecule has 0 saturated carbocycles. The van der Waals surface area contributed by atoms with E-state index in [1.165, 1.54) is 10.4 Å². The highest BCUT2D eigenvalue weighted by atomic mass is 28.4. The molecule has 39 heavy (non-hydrogen) atoms. The molecule has 0 bridgehead atoms. The number of benzene rings is 3. The highest BCUT2D eigenvalue weighted by molar-refractivity contribution is 6.99. The molecule has 3 aliphatic heterocycles. The van der Waals surface area contributed by atoms with Crippen molar-refractivity contribution in [3.05, 3.63) is 96.6 Å². The van der Waals surface area contributed by atoms with E-state index >= 15 is 0 Å². The predicted molar refractivity (Wildman–Crippen MR) is 151 cm³/mol. The molecule has 7 heteroatoms. The van der Waals surface area contributed by atoms with Crippen LogP contribution in [0.4, 0.5) is 0 Å². The van der Waals surface area contributed by atoms with Gasteiger partial charge in [-0.1, -0.05) is 112 Å². The molecule has 0 amide bonds. The summed E-state index contributed by atoms with van der Waals surface area (Å²) in [5.41, 5.74) is 0.952. The molecule has 3 aromatic carbocycles. The Kier molecular flexibility index (Phi) is 7.04. The predicted octanol–water partition coefficient (Wildman–Crippen LogP) is 4.92. The third-order valence-electron chi connectivity index (χ3n) is 7.93. The zero-order valence-corrected chi connectivity index (χ0v) is 24.3. The van der Waals surface area contributed by atoms with E-state index in [-0.39, 0.29) is 29.5 Å². The van der Waals surface area contributed by atoms with Gasteiger partial charge in [0.15, 0.2) is 18.4 Å². The van der Waals surface area contributed by atoms with Crippen LogP contribution in [0.25, 0.3) is 0 Å². The van der Waals surface area contributed by atoms with Gasteiger partial charge in [-0.25, -0.2) is 0 Å². The summed E-state index contributed by atoms with van der Waals surface area (Å²) in [7, 11) is -2.77. The Labute approximate surface area is 232 Å². The fraction of sp³-hybridized carbons (Fsp3) is 0.438. The summed E-state index contributed by atoms with van der Waals surface area (Å²) in [4.78, 5) is 0. The van der Waals surface area contributed by atoms with Crippen LogP contribution >= 0.6 is 0 Å². The van der Waals surface area contributed by atoms with Crippen LogP contribution in [0.1, 0.15) is 46.5 Å². The van der Waals surface area contributed by atoms with Crippen LogP contribution in [0.15, 0.2) is 91.0 Å². The molecule has 0 spiro atoms. The molecule has 0 aromatic heterocycles. The van der Waals surface area contributed by atoms with Gasteiger partial charge < -0.3 is 28.1 Å². The number of hydrogen-bond donors (Lipinski definition) is 0. The van der Waals surface area contributed by atoms with Gasteiger partial charge in [0.05, 0.1) is 6.61 Å². The normalized spacial score (nSPS) is 30.1. The Bertz CT molecular complexity index is 1210. The second-order valence-corrected chi connectivity index (χ2v) is 16.4. The summed E-state index contributed by atoms with van der Waals surface area (Å²) in [6.45, 7) is 11.0. The van der Waals surface area contributed by atoms with E-state index in [0.717, 1.165) is 5.56 Å².